The fourth-order valence-corrected chi connectivity index (χ4v) is 2.40. The molecule has 3 nitrogen and oxygen atoms in total. The zero-order valence-electron chi connectivity index (χ0n) is 14.5. The molecule has 0 aliphatic carbocycles. The number of nitrogens with one attached hydrogen (secondary N) is 1. The van der Waals surface area contributed by atoms with Gasteiger partial charge in [0.1, 0.15) is 0 Å². The van der Waals surface area contributed by atoms with Gasteiger partial charge in [-0.3, -0.25) is 0 Å². The molecule has 0 saturated carbocycles. The Kier molecular flexibility index (Phi) is 10.7. The fraction of sp³-hybridized carbons (Fsp3) is 0.550. The number of hydrogen-bond donors (Lipinski definition) is 1. The van der Waals surface area contributed by atoms with E-state index in [1.54, 1.807) is 6.08 Å². The third kappa shape index (κ3) is 9.77. The summed E-state index contributed by atoms with van der Waals surface area (Å²) in [6, 6.07) is 7.93. The summed E-state index contributed by atoms with van der Waals surface area (Å²) in [7, 11) is 0. The van der Waals surface area contributed by atoms with Crippen LogP contribution < -0.4 is 5.32 Å². The molecule has 1 aromatic carbocycles. The molecule has 0 heterocycles. The maximum atomic E-state index is 11.6. The molecule has 0 saturated heterocycles. The van der Waals surface area contributed by atoms with E-state index in [9.17, 15) is 4.79 Å². The number of benzene rings is 1. The van der Waals surface area contributed by atoms with Gasteiger partial charge in [0.25, 0.3) is 0 Å². The first kappa shape index (κ1) is 19.3. The van der Waals surface area contributed by atoms with Crippen LogP contribution in [0.5, 0.6) is 0 Å². The molecule has 128 valence electrons. The Balaban J connectivity index is 1.98. The van der Waals surface area contributed by atoms with Gasteiger partial charge >= 0.3 is 6.09 Å². The van der Waals surface area contributed by atoms with Crippen molar-refractivity contribution in [2.75, 3.05) is 6.61 Å². The van der Waals surface area contributed by atoms with E-state index in [0.717, 1.165) is 24.0 Å². The van der Waals surface area contributed by atoms with Crippen molar-refractivity contribution in [1.82, 2.24) is 5.32 Å². The quantitative estimate of drug-likeness (QED) is 0.502. The lowest BCUT2D eigenvalue weighted by Gasteiger charge is -2.07. The lowest BCUT2D eigenvalue weighted by Crippen LogP contribution is -2.24. The molecule has 0 unspecified atom stereocenters. The van der Waals surface area contributed by atoms with Crippen LogP contribution in [0.2, 0.25) is 0 Å². The minimum atomic E-state index is -0.333. The van der Waals surface area contributed by atoms with Gasteiger partial charge in [-0.1, -0.05) is 88.8 Å². The number of alkyl carbamates (subject to hydrolysis) is 1. The van der Waals surface area contributed by atoms with Gasteiger partial charge in [-0.2, -0.15) is 0 Å². The maximum Gasteiger partial charge on any atom is 0.407 e. The highest BCUT2D eigenvalue weighted by atomic mass is 16.5. The van der Waals surface area contributed by atoms with Crippen LogP contribution in [-0.4, -0.2) is 12.7 Å². The molecular formula is C20H31NO2. The SMILES string of the molecule is C=Cc1ccc(CNC(=O)OCCCCCCCCCC)cc1. The smallest absolute Gasteiger partial charge is 0.407 e. The summed E-state index contributed by atoms with van der Waals surface area (Å²) in [6.07, 6.45) is 11.4. The number of unbranched alkanes of at least 4 members (excludes halogenated alkanes) is 7. The van der Waals surface area contributed by atoms with Crippen molar-refractivity contribution in [2.24, 2.45) is 0 Å². The van der Waals surface area contributed by atoms with Gasteiger partial charge in [0.15, 0.2) is 0 Å². The first-order chi connectivity index (χ1) is 11.3. The van der Waals surface area contributed by atoms with Gasteiger partial charge in [-0.25, -0.2) is 4.79 Å². The van der Waals surface area contributed by atoms with Crippen molar-refractivity contribution in [3.8, 4) is 0 Å². The molecule has 1 N–H and O–H groups in total. The van der Waals surface area contributed by atoms with Crippen molar-refractivity contribution in [3.63, 3.8) is 0 Å². The molecule has 0 atom stereocenters. The molecule has 1 rings (SSSR count). The molecule has 0 bridgehead atoms. The second-order valence-corrected chi connectivity index (χ2v) is 5.91. The Hall–Kier alpha value is -1.77. The summed E-state index contributed by atoms with van der Waals surface area (Å²) in [5, 5.41) is 2.77. The molecule has 0 spiro atoms. The predicted octanol–water partition coefficient (Wildman–Crippen LogP) is 5.70. The molecule has 0 aromatic heterocycles. The van der Waals surface area contributed by atoms with Crippen molar-refractivity contribution in [3.05, 3.63) is 42.0 Å². The predicted molar refractivity (Wildman–Crippen MR) is 97.3 cm³/mol. The van der Waals surface area contributed by atoms with Gasteiger partial charge in [0.05, 0.1) is 6.61 Å². The van der Waals surface area contributed by atoms with Crippen molar-refractivity contribution < 1.29 is 9.53 Å². The first-order valence-corrected chi connectivity index (χ1v) is 8.88. The van der Waals surface area contributed by atoms with Crippen molar-refractivity contribution in [1.29, 1.82) is 0 Å². The second kappa shape index (κ2) is 12.7. The Morgan fingerprint density at radius 2 is 1.65 bits per heavy atom. The number of carbonyl (C=O) groups is 1. The Morgan fingerprint density at radius 3 is 2.26 bits per heavy atom. The third-order valence-corrected chi connectivity index (χ3v) is 3.88. The van der Waals surface area contributed by atoms with E-state index in [-0.39, 0.29) is 6.09 Å². The van der Waals surface area contributed by atoms with Crippen LogP contribution in [-0.2, 0) is 11.3 Å². The van der Waals surface area contributed by atoms with Gasteiger partial charge in [-0.15, -0.1) is 0 Å². The topological polar surface area (TPSA) is 38.3 Å². The molecule has 0 radical (unpaired) electrons. The maximum absolute atomic E-state index is 11.6. The van der Waals surface area contributed by atoms with Crippen LogP contribution in [0.3, 0.4) is 0 Å². The number of carbonyl (C=O) groups excluding carboxylic acids is 1. The zero-order chi connectivity index (χ0) is 16.8. The molecule has 0 aliphatic rings. The summed E-state index contributed by atoms with van der Waals surface area (Å²) < 4.78 is 5.19. The van der Waals surface area contributed by atoms with Crippen LogP contribution in [0.1, 0.15) is 69.4 Å². The van der Waals surface area contributed by atoms with Crippen LogP contribution in [0.4, 0.5) is 4.79 Å². The van der Waals surface area contributed by atoms with E-state index in [0.29, 0.717) is 13.2 Å². The van der Waals surface area contributed by atoms with Gasteiger partial charge in [0.2, 0.25) is 0 Å². The fourth-order valence-electron chi connectivity index (χ4n) is 2.40. The highest BCUT2D eigenvalue weighted by Gasteiger charge is 2.01. The third-order valence-electron chi connectivity index (χ3n) is 3.88. The van der Waals surface area contributed by atoms with E-state index < -0.39 is 0 Å². The standard InChI is InChI=1S/C20H31NO2/c1-3-5-6-7-8-9-10-11-16-23-20(22)21-17-19-14-12-18(4-2)13-15-19/h4,12-15H,2-3,5-11,16-17H2,1H3,(H,21,22). The van der Waals surface area contributed by atoms with E-state index in [2.05, 4.69) is 18.8 Å². The van der Waals surface area contributed by atoms with Crippen LogP contribution in [0.25, 0.3) is 6.08 Å². The van der Waals surface area contributed by atoms with E-state index in [4.69, 9.17) is 4.74 Å². The molecule has 0 aliphatic heterocycles. The van der Waals surface area contributed by atoms with Crippen molar-refractivity contribution in [2.45, 2.75) is 64.8 Å². The first-order valence-electron chi connectivity index (χ1n) is 8.88. The summed E-state index contributed by atoms with van der Waals surface area (Å²) in [4.78, 5) is 11.6. The normalized spacial score (nSPS) is 10.3. The lowest BCUT2D eigenvalue weighted by molar-refractivity contribution is 0.143. The highest BCUT2D eigenvalue weighted by Crippen LogP contribution is 2.08. The molecule has 1 amide bonds. The lowest BCUT2D eigenvalue weighted by atomic mass is 10.1. The molecule has 3 heteroatoms. The monoisotopic (exact) mass is 317 g/mol. The summed E-state index contributed by atoms with van der Waals surface area (Å²) in [6.45, 7) is 6.96. The van der Waals surface area contributed by atoms with Gasteiger partial charge in [-0.05, 0) is 17.5 Å². The summed E-state index contributed by atoms with van der Waals surface area (Å²) in [5.41, 5.74) is 2.13. The largest absolute Gasteiger partial charge is 0.450 e. The van der Waals surface area contributed by atoms with E-state index in [1.807, 2.05) is 24.3 Å². The van der Waals surface area contributed by atoms with Crippen molar-refractivity contribution >= 4 is 12.2 Å². The Bertz CT molecular complexity index is 439. The second-order valence-electron chi connectivity index (χ2n) is 5.91. The molecule has 1 aromatic rings. The summed E-state index contributed by atoms with van der Waals surface area (Å²) >= 11 is 0. The Labute approximate surface area is 141 Å². The average molecular weight is 317 g/mol. The molecule has 0 fully saturated rings. The van der Waals surface area contributed by atoms with Gasteiger partial charge < -0.3 is 10.1 Å². The highest BCUT2D eigenvalue weighted by molar-refractivity contribution is 5.67. The number of hydrogen-bond acceptors (Lipinski definition) is 2. The van der Waals surface area contributed by atoms with E-state index in [1.165, 1.54) is 38.5 Å². The van der Waals surface area contributed by atoms with Crippen LogP contribution in [0.15, 0.2) is 30.8 Å². The number of amides is 1. The van der Waals surface area contributed by atoms with Gasteiger partial charge in [0, 0.05) is 6.54 Å². The Morgan fingerprint density at radius 1 is 1.04 bits per heavy atom. The zero-order valence-corrected chi connectivity index (χ0v) is 14.5. The summed E-state index contributed by atoms with van der Waals surface area (Å²) in [5.74, 6) is 0. The van der Waals surface area contributed by atoms with Crippen LogP contribution >= 0.6 is 0 Å². The van der Waals surface area contributed by atoms with E-state index >= 15 is 0 Å². The number of rotatable bonds is 12. The molecule has 23 heavy (non-hydrogen) atoms. The average Bonchev–Trinajstić information content (AvgIpc) is 2.59. The van der Waals surface area contributed by atoms with Crippen LogP contribution in [0, 0.1) is 0 Å². The minimum Gasteiger partial charge on any atom is -0.450 e. The number of ether oxygens (including phenoxy) is 1. The molecular weight excluding hydrogens is 286 g/mol. The minimum absolute atomic E-state index is 0.333.